The van der Waals surface area contributed by atoms with E-state index < -0.39 is 0 Å². The zero-order valence-corrected chi connectivity index (χ0v) is 15.4. The summed E-state index contributed by atoms with van der Waals surface area (Å²) in [6.07, 6.45) is 9.28. The number of furan rings is 1. The van der Waals surface area contributed by atoms with Crippen LogP contribution in [0, 0.1) is 0 Å². The van der Waals surface area contributed by atoms with Gasteiger partial charge in [0.15, 0.2) is 0 Å². The molecule has 0 bridgehead atoms. The van der Waals surface area contributed by atoms with E-state index in [9.17, 15) is 0 Å². The molecular weight excluding hydrogens is 340 g/mol. The third-order valence-electron chi connectivity index (χ3n) is 5.53. The molecule has 5 heterocycles. The van der Waals surface area contributed by atoms with E-state index in [1.807, 2.05) is 30.6 Å². The molecule has 0 atom stereocenters. The van der Waals surface area contributed by atoms with Crippen LogP contribution in [0.1, 0.15) is 19.3 Å². The van der Waals surface area contributed by atoms with Gasteiger partial charge in [0.2, 0.25) is 5.95 Å². The molecule has 0 aromatic carbocycles. The normalized spacial score (nSPS) is 18.3. The Labute approximate surface area is 158 Å². The SMILES string of the molecule is c1cc(N2CCCCC2)nc(N2CCN(c3nccc4occc34)CC2)n1. The molecule has 2 aliphatic rings. The van der Waals surface area contributed by atoms with Crippen LogP contribution in [0.2, 0.25) is 0 Å². The van der Waals surface area contributed by atoms with Gasteiger partial charge >= 0.3 is 0 Å². The molecule has 7 heteroatoms. The summed E-state index contributed by atoms with van der Waals surface area (Å²) in [5.41, 5.74) is 0.889. The molecule has 0 unspecified atom stereocenters. The Bertz CT molecular complexity index is 911. The van der Waals surface area contributed by atoms with Crippen molar-refractivity contribution in [2.24, 2.45) is 0 Å². The van der Waals surface area contributed by atoms with Crippen molar-refractivity contribution in [2.45, 2.75) is 19.3 Å². The Morgan fingerprint density at radius 3 is 2.37 bits per heavy atom. The largest absolute Gasteiger partial charge is 0.464 e. The Hall–Kier alpha value is -2.83. The van der Waals surface area contributed by atoms with Crippen LogP contribution in [-0.4, -0.2) is 54.2 Å². The molecule has 2 saturated heterocycles. The number of aromatic nitrogens is 3. The van der Waals surface area contributed by atoms with Gasteiger partial charge in [0.25, 0.3) is 0 Å². The molecule has 3 aromatic heterocycles. The van der Waals surface area contributed by atoms with Crippen molar-refractivity contribution in [2.75, 3.05) is 54.0 Å². The highest BCUT2D eigenvalue weighted by Gasteiger charge is 2.22. The second-order valence-electron chi connectivity index (χ2n) is 7.20. The minimum Gasteiger partial charge on any atom is -0.464 e. The number of hydrogen-bond acceptors (Lipinski definition) is 7. The number of piperidine rings is 1. The molecule has 27 heavy (non-hydrogen) atoms. The summed E-state index contributed by atoms with van der Waals surface area (Å²) >= 11 is 0. The molecule has 7 nitrogen and oxygen atoms in total. The average Bonchev–Trinajstić information content (AvgIpc) is 3.24. The number of fused-ring (bicyclic) bond motifs is 1. The lowest BCUT2D eigenvalue weighted by molar-refractivity contribution is 0.571. The van der Waals surface area contributed by atoms with Crippen LogP contribution in [0.4, 0.5) is 17.6 Å². The Kier molecular flexibility index (Phi) is 4.27. The maximum atomic E-state index is 5.51. The number of anilines is 3. The topological polar surface area (TPSA) is 61.5 Å². The zero-order valence-electron chi connectivity index (χ0n) is 15.4. The third kappa shape index (κ3) is 3.18. The summed E-state index contributed by atoms with van der Waals surface area (Å²) in [4.78, 5) is 21.0. The van der Waals surface area contributed by atoms with Crippen molar-refractivity contribution in [1.29, 1.82) is 0 Å². The quantitative estimate of drug-likeness (QED) is 0.708. The minimum absolute atomic E-state index is 0.840. The molecule has 0 radical (unpaired) electrons. The number of hydrogen-bond donors (Lipinski definition) is 0. The fourth-order valence-corrected chi connectivity index (χ4v) is 4.04. The van der Waals surface area contributed by atoms with E-state index in [1.165, 1.54) is 19.3 Å². The van der Waals surface area contributed by atoms with Gasteiger partial charge in [-0.2, -0.15) is 4.98 Å². The van der Waals surface area contributed by atoms with Gasteiger partial charge in [-0.25, -0.2) is 9.97 Å². The van der Waals surface area contributed by atoms with Crippen molar-refractivity contribution >= 4 is 28.6 Å². The second-order valence-corrected chi connectivity index (χ2v) is 7.20. The van der Waals surface area contributed by atoms with E-state index >= 15 is 0 Å². The summed E-state index contributed by atoms with van der Waals surface area (Å²) in [6.45, 7) is 5.77. The summed E-state index contributed by atoms with van der Waals surface area (Å²) in [5.74, 6) is 2.91. The van der Waals surface area contributed by atoms with Gasteiger partial charge in [-0.05, 0) is 37.5 Å². The van der Waals surface area contributed by atoms with Crippen LogP contribution in [0.5, 0.6) is 0 Å². The lowest BCUT2D eigenvalue weighted by atomic mass is 10.1. The molecule has 3 aromatic rings. The van der Waals surface area contributed by atoms with Gasteiger partial charge in [0, 0.05) is 51.7 Å². The molecular formula is C20H24N6O. The van der Waals surface area contributed by atoms with E-state index in [-0.39, 0.29) is 0 Å². The fraction of sp³-hybridized carbons (Fsp3) is 0.450. The van der Waals surface area contributed by atoms with Gasteiger partial charge in [-0.15, -0.1) is 0 Å². The first-order chi connectivity index (χ1) is 13.4. The predicted molar refractivity (Wildman–Crippen MR) is 107 cm³/mol. The first-order valence-electron chi connectivity index (χ1n) is 9.78. The maximum absolute atomic E-state index is 5.51. The number of rotatable bonds is 3. The number of piperazine rings is 1. The van der Waals surface area contributed by atoms with E-state index in [4.69, 9.17) is 9.40 Å². The second kappa shape index (κ2) is 7.06. The van der Waals surface area contributed by atoms with Gasteiger partial charge in [0.1, 0.15) is 17.2 Å². The van der Waals surface area contributed by atoms with Crippen LogP contribution in [0.25, 0.3) is 11.0 Å². The third-order valence-corrected chi connectivity index (χ3v) is 5.53. The van der Waals surface area contributed by atoms with Crippen molar-refractivity contribution in [3.63, 3.8) is 0 Å². The lowest BCUT2D eigenvalue weighted by Gasteiger charge is -2.36. The minimum atomic E-state index is 0.840. The van der Waals surface area contributed by atoms with E-state index in [2.05, 4.69) is 24.7 Å². The van der Waals surface area contributed by atoms with Gasteiger partial charge in [0.05, 0.1) is 11.6 Å². The van der Waals surface area contributed by atoms with Crippen LogP contribution in [0.3, 0.4) is 0 Å². The first-order valence-corrected chi connectivity index (χ1v) is 9.78. The molecule has 0 amide bonds. The van der Waals surface area contributed by atoms with Gasteiger partial charge < -0.3 is 19.1 Å². The highest BCUT2D eigenvalue weighted by Crippen LogP contribution is 2.27. The van der Waals surface area contributed by atoms with Crippen LogP contribution < -0.4 is 14.7 Å². The number of nitrogens with zero attached hydrogens (tertiary/aromatic N) is 6. The smallest absolute Gasteiger partial charge is 0.227 e. The predicted octanol–water partition coefficient (Wildman–Crippen LogP) is 2.93. The zero-order chi connectivity index (χ0) is 18.1. The van der Waals surface area contributed by atoms with Crippen LogP contribution in [0.15, 0.2) is 41.3 Å². The molecule has 2 aliphatic heterocycles. The van der Waals surface area contributed by atoms with Crippen molar-refractivity contribution < 1.29 is 4.42 Å². The molecule has 0 spiro atoms. The van der Waals surface area contributed by atoms with Crippen molar-refractivity contribution in [3.8, 4) is 0 Å². The first kappa shape index (κ1) is 16.4. The number of pyridine rings is 1. The molecule has 140 valence electrons. The van der Waals surface area contributed by atoms with E-state index in [1.54, 1.807) is 6.26 Å². The lowest BCUT2D eigenvalue weighted by Crippen LogP contribution is -2.47. The summed E-state index contributed by atoms with van der Waals surface area (Å²) < 4.78 is 5.51. The van der Waals surface area contributed by atoms with E-state index in [0.717, 1.165) is 67.8 Å². The van der Waals surface area contributed by atoms with Crippen molar-refractivity contribution in [1.82, 2.24) is 15.0 Å². The molecule has 0 aliphatic carbocycles. The average molecular weight is 364 g/mol. The molecule has 0 N–H and O–H groups in total. The Morgan fingerprint density at radius 2 is 1.52 bits per heavy atom. The fourth-order valence-electron chi connectivity index (χ4n) is 4.04. The maximum Gasteiger partial charge on any atom is 0.227 e. The Balaban J connectivity index is 1.30. The van der Waals surface area contributed by atoms with Crippen molar-refractivity contribution in [3.05, 3.63) is 36.9 Å². The summed E-state index contributed by atoms with van der Waals surface area (Å²) in [7, 11) is 0. The van der Waals surface area contributed by atoms with Gasteiger partial charge in [-0.1, -0.05) is 0 Å². The molecule has 0 saturated carbocycles. The van der Waals surface area contributed by atoms with E-state index in [0.29, 0.717) is 0 Å². The summed E-state index contributed by atoms with van der Waals surface area (Å²) in [5, 5.41) is 1.08. The summed E-state index contributed by atoms with van der Waals surface area (Å²) in [6, 6.07) is 5.94. The van der Waals surface area contributed by atoms with Crippen LogP contribution >= 0.6 is 0 Å². The molecule has 2 fully saturated rings. The monoisotopic (exact) mass is 364 g/mol. The highest BCUT2D eigenvalue weighted by molar-refractivity contribution is 5.88. The van der Waals surface area contributed by atoms with Gasteiger partial charge in [-0.3, -0.25) is 0 Å². The highest BCUT2D eigenvalue weighted by atomic mass is 16.3. The standard InChI is InChI=1S/C20H24N6O/c1-2-9-24(10-3-1)18-5-8-22-20(23-18)26-13-11-25(12-14-26)19-16-6-15-27-17(16)4-7-21-19/h4-8,15H,1-3,9-14H2. The Morgan fingerprint density at radius 1 is 0.741 bits per heavy atom. The molecule has 5 rings (SSSR count). The van der Waals surface area contributed by atoms with Crippen LogP contribution in [-0.2, 0) is 0 Å².